The van der Waals surface area contributed by atoms with Crippen LogP contribution in [0.1, 0.15) is 46.6 Å². The molecule has 0 aliphatic heterocycles. The average molecular weight is 306 g/mol. The third kappa shape index (κ3) is 6.76. The predicted octanol–water partition coefficient (Wildman–Crippen LogP) is 3.58. The van der Waals surface area contributed by atoms with E-state index in [1.54, 1.807) is 6.92 Å². The second-order valence-electron chi connectivity index (χ2n) is 6.27. The highest BCUT2D eigenvalue weighted by atomic mass is 16.6. The molecule has 1 atom stereocenters. The number of esters is 1. The van der Waals surface area contributed by atoms with Crippen molar-refractivity contribution in [2.75, 3.05) is 6.61 Å². The van der Waals surface area contributed by atoms with Gasteiger partial charge in [0.15, 0.2) is 6.61 Å². The van der Waals surface area contributed by atoms with Crippen LogP contribution in [0.4, 0.5) is 0 Å². The van der Waals surface area contributed by atoms with Gasteiger partial charge in [0.25, 0.3) is 0 Å². The van der Waals surface area contributed by atoms with Crippen LogP contribution in [-0.2, 0) is 9.53 Å². The summed E-state index contributed by atoms with van der Waals surface area (Å²) < 4.78 is 10.6. The van der Waals surface area contributed by atoms with Crippen LogP contribution < -0.4 is 4.74 Å². The lowest BCUT2D eigenvalue weighted by Crippen LogP contribution is -2.27. The fraction of sp³-hybridized carbons (Fsp3) is 0.500. The first-order chi connectivity index (χ1) is 10.2. The Hall–Kier alpha value is -1.81. The van der Waals surface area contributed by atoms with E-state index in [2.05, 4.69) is 0 Å². The lowest BCUT2D eigenvalue weighted by atomic mass is 10.0. The number of aliphatic hydroxyl groups excluding tert-OH is 1. The Morgan fingerprint density at radius 3 is 2.32 bits per heavy atom. The maximum atomic E-state index is 11.6. The number of hydrogen-bond acceptors (Lipinski definition) is 4. The van der Waals surface area contributed by atoms with Crippen molar-refractivity contribution in [1.82, 2.24) is 0 Å². The third-order valence-electron chi connectivity index (χ3n) is 2.87. The van der Waals surface area contributed by atoms with Crippen LogP contribution in [0.25, 0.3) is 5.57 Å². The second-order valence-corrected chi connectivity index (χ2v) is 6.27. The summed E-state index contributed by atoms with van der Waals surface area (Å²) in [4.78, 5) is 11.6. The molecule has 0 aliphatic rings. The van der Waals surface area contributed by atoms with E-state index in [0.29, 0.717) is 12.2 Å². The van der Waals surface area contributed by atoms with Crippen molar-refractivity contribution in [3.05, 3.63) is 35.9 Å². The average Bonchev–Trinajstić information content (AvgIpc) is 2.41. The largest absolute Gasteiger partial charge is 0.482 e. The Bertz CT molecular complexity index is 507. The van der Waals surface area contributed by atoms with Gasteiger partial charge in [-0.25, -0.2) is 4.79 Å². The van der Waals surface area contributed by atoms with Crippen molar-refractivity contribution in [2.24, 2.45) is 0 Å². The summed E-state index contributed by atoms with van der Waals surface area (Å²) in [7, 11) is 0. The van der Waals surface area contributed by atoms with E-state index in [1.165, 1.54) is 0 Å². The molecule has 4 nitrogen and oxygen atoms in total. The second kappa shape index (κ2) is 7.99. The molecule has 0 fully saturated rings. The van der Waals surface area contributed by atoms with Gasteiger partial charge in [-0.2, -0.15) is 0 Å². The summed E-state index contributed by atoms with van der Waals surface area (Å²) in [6, 6.07) is 7.46. The predicted molar refractivity (Wildman–Crippen MR) is 87.7 cm³/mol. The normalized spacial score (nSPS) is 13.6. The van der Waals surface area contributed by atoms with E-state index < -0.39 is 5.60 Å². The number of rotatable bonds is 6. The molecule has 1 rings (SSSR count). The summed E-state index contributed by atoms with van der Waals surface area (Å²) in [5, 5.41) is 9.49. The van der Waals surface area contributed by atoms with Crippen LogP contribution in [-0.4, -0.2) is 29.4 Å². The van der Waals surface area contributed by atoms with Gasteiger partial charge in [0.2, 0.25) is 0 Å². The van der Waals surface area contributed by atoms with E-state index >= 15 is 0 Å². The maximum Gasteiger partial charge on any atom is 0.344 e. The third-order valence-corrected chi connectivity index (χ3v) is 2.87. The lowest BCUT2D eigenvalue weighted by Gasteiger charge is -2.19. The molecular weight excluding hydrogens is 280 g/mol. The van der Waals surface area contributed by atoms with Crippen molar-refractivity contribution >= 4 is 11.5 Å². The van der Waals surface area contributed by atoms with Crippen molar-refractivity contribution in [3.63, 3.8) is 0 Å². The quantitative estimate of drug-likeness (QED) is 0.816. The molecule has 22 heavy (non-hydrogen) atoms. The van der Waals surface area contributed by atoms with Gasteiger partial charge in [-0.15, -0.1) is 0 Å². The zero-order valence-corrected chi connectivity index (χ0v) is 14.1. The van der Waals surface area contributed by atoms with Crippen LogP contribution in [0.2, 0.25) is 0 Å². The Labute approximate surface area is 132 Å². The molecule has 0 aromatic heterocycles. The first-order valence-corrected chi connectivity index (χ1v) is 7.49. The van der Waals surface area contributed by atoms with Crippen LogP contribution in [0.5, 0.6) is 5.75 Å². The molecule has 122 valence electrons. The number of carbonyl (C=O) groups is 1. The summed E-state index contributed by atoms with van der Waals surface area (Å²) >= 11 is 0. The van der Waals surface area contributed by atoms with Crippen molar-refractivity contribution in [2.45, 2.75) is 52.7 Å². The number of allylic oxidation sites excluding steroid dienone is 1. The Morgan fingerprint density at radius 1 is 1.27 bits per heavy atom. The summed E-state index contributed by atoms with van der Waals surface area (Å²) in [6.45, 7) is 9.06. The summed E-state index contributed by atoms with van der Waals surface area (Å²) in [5.41, 5.74) is 1.60. The minimum Gasteiger partial charge on any atom is -0.482 e. The zero-order valence-electron chi connectivity index (χ0n) is 14.1. The van der Waals surface area contributed by atoms with Crippen molar-refractivity contribution in [3.8, 4) is 5.75 Å². The topological polar surface area (TPSA) is 55.8 Å². The molecule has 1 unspecified atom stereocenters. The molecule has 0 bridgehead atoms. The minimum absolute atomic E-state index is 0.110. The van der Waals surface area contributed by atoms with E-state index in [4.69, 9.17) is 9.47 Å². The van der Waals surface area contributed by atoms with Gasteiger partial charge in [-0.1, -0.05) is 18.2 Å². The Balaban J connectivity index is 2.60. The molecular formula is C18H26O4. The van der Waals surface area contributed by atoms with Gasteiger partial charge in [0, 0.05) is 0 Å². The van der Waals surface area contributed by atoms with E-state index in [9.17, 15) is 9.90 Å². The molecule has 0 saturated carbocycles. The van der Waals surface area contributed by atoms with E-state index in [1.807, 2.05) is 58.0 Å². The standard InChI is InChI=1S/C18H26O4/c1-6-14(11-13(2)19)15-7-9-16(10-8-15)21-12-17(20)22-18(3,4)5/h6-10,13,19H,11-12H2,1-5H3/b14-6+. The number of hydrogen-bond donors (Lipinski definition) is 1. The van der Waals surface area contributed by atoms with Gasteiger partial charge in [-0.05, 0) is 64.3 Å². The molecule has 0 spiro atoms. The smallest absolute Gasteiger partial charge is 0.344 e. The van der Waals surface area contributed by atoms with Gasteiger partial charge < -0.3 is 14.6 Å². The molecule has 1 N–H and O–H groups in total. The zero-order chi connectivity index (χ0) is 16.8. The fourth-order valence-corrected chi connectivity index (χ4v) is 2.00. The van der Waals surface area contributed by atoms with Crippen molar-refractivity contribution < 1.29 is 19.4 Å². The number of aliphatic hydroxyl groups is 1. The van der Waals surface area contributed by atoms with Crippen LogP contribution >= 0.6 is 0 Å². The number of ether oxygens (including phenoxy) is 2. The number of benzene rings is 1. The molecule has 0 amide bonds. The summed E-state index contributed by atoms with van der Waals surface area (Å²) in [5.74, 6) is 0.224. The SMILES string of the molecule is C/C=C(\CC(C)O)c1ccc(OCC(=O)OC(C)(C)C)cc1. The molecule has 0 saturated heterocycles. The van der Waals surface area contributed by atoms with Crippen LogP contribution in [0.15, 0.2) is 30.3 Å². The highest BCUT2D eigenvalue weighted by Gasteiger charge is 2.16. The van der Waals surface area contributed by atoms with Crippen LogP contribution in [0.3, 0.4) is 0 Å². The molecule has 0 heterocycles. The summed E-state index contributed by atoms with van der Waals surface area (Å²) in [6.07, 6.45) is 2.21. The highest BCUT2D eigenvalue weighted by molar-refractivity contribution is 5.71. The van der Waals surface area contributed by atoms with E-state index in [-0.39, 0.29) is 18.7 Å². The Kier molecular flexibility index (Phi) is 6.62. The van der Waals surface area contributed by atoms with Crippen LogP contribution in [0, 0.1) is 0 Å². The maximum absolute atomic E-state index is 11.6. The lowest BCUT2D eigenvalue weighted by molar-refractivity contribution is -0.157. The molecule has 0 aliphatic carbocycles. The monoisotopic (exact) mass is 306 g/mol. The molecule has 4 heteroatoms. The molecule has 1 aromatic rings. The van der Waals surface area contributed by atoms with Crippen molar-refractivity contribution in [1.29, 1.82) is 0 Å². The van der Waals surface area contributed by atoms with E-state index in [0.717, 1.165) is 11.1 Å². The van der Waals surface area contributed by atoms with Gasteiger partial charge in [0.1, 0.15) is 11.4 Å². The van der Waals surface area contributed by atoms with Gasteiger partial charge in [0.05, 0.1) is 6.10 Å². The van der Waals surface area contributed by atoms with Gasteiger partial charge in [-0.3, -0.25) is 0 Å². The highest BCUT2D eigenvalue weighted by Crippen LogP contribution is 2.22. The Morgan fingerprint density at radius 2 is 1.86 bits per heavy atom. The molecule has 1 aromatic carbocycles. The van der Waals surface area contributed by atoms with Gasteiger partial charge >= 0.3 is 5.97 Å². The first kappa shape index (κ1) is 18.2. The minimum atomic E-state index is -0.508. The first-order valence-electron chi connectivity index (χ1n) is 7.49. The molecule has 0 radical (unpaired) electrons. The number of carbonyl (C=O) groups excluding carboxylic acids is 1. The fourth-order valence-electron chi connectivity index (χ4n) is 2.00.